The summed E-state index contributed by atoms with van der Waals surface area (Å²) >= 11 is 0. The molecule has 2 heterocycles. The monoisotopic (exact) mass is 191 g/mol. The average molecular weight is 191 g/mol. The van der Waals surface area contributed by atoms with Crippen molar-refractivity contribution in [3.8, 4) is 0 Å². The predicted molar refractivity (Wildman–Crippen MR) is 60.8 cm³/mol. The minimum atomic E-state index is 1.00. The van der Waals surface area contributed by atoms with Gasteiger partial charge in [-0.3, -0.25) is 10.0 Å². The van der Waals surface area contributed by atoms with E-state index < -0.39 is 0 Å². The Labute approximate surface area is 85.6 Å². The van der Waals surface area contributed by atoms with Crippen molar-refractivity contribution < 1.29 is 0 Å². The molecule has 0 aromatic carbocycles. The summed E-state index contributed by atoms with van der Waals surface area (Å²) in [7, 11) is 3.99. The SMILES string of the molecule is CC.CN1C=Cc2cccnc2N1C. The van der Waals surface area contributed by atoms with Crippen LogP contribution in [-0.4, -0.2) is 24.1 Å². The second-order valence-corrected chi connectivity index (χ2v) is 2.83. The lowest BCUT2D eigenvalue weighted by atomic mass is 10.2. The van der Waals surface area contributed by atoms with Crippen molar-refractivity contribution in [3.63, 3.8) is 0 Å². The molecular weight excluding hydrogens is 174 g/mol. The molecule has 1 aromatic rings. The molecule has 0 aliphatic carbocycles. The van der Waals surface area contributed by atoms with Crippen LogP contribution in [0.15, 0.2) is 24.5 Å². The van der Waals surface area contributed by atoms with Gasteiger partial charge in [0.25, 0.3) is 0 Å². The highest BCUT2D eigenvalue weighted by Crippen LogP contribution is 2.22. The van der Waals surface area contributed by atoms with E-state index >= 15 is 0 Å². The molecule has 14 heavy (non-hydrogen) atoms. The van der Waals surface area contributed by atoms with Crippen LogP contribution in [0.4, 0.5) is 5.82 Å². The lowest BCUT2D eigenvalue weighted by Crippen LogP contribution is -2.35. The summed E-state index contributed by atoms with van der Waals surface area (Å²) in [5, 5.41) is 4.00. The van der Waals surface area contributed by atoms with Gasteiger partial charge in [0.05, 0.1) is 0 Å². The topological polar surface area (TPSA) is 19.4 Å². The molecule has 0 fully saturated rings. The van der Waals surface area contributed by atoms with E-state index in [4.69, 9.17) is 0 Å². The molecule has 3 nitrogen and oxygen atoms in total. The molecule has 1 aliphatic heterocycles. The summed E-state index contributed by atoms with van der Waals surface area (Å²) in [6, 6.07) is 4.00. The minimum absolute atomic E-state index is 1.00. The van der Waals surface area contributed by atoms with Crippen LogP contribution < -0.4 is 5.01 Å². The van der Waals surface area contributed by atoms with Crippen LogP contribution in [0.1, 0.15) is 19.4 Å². The highest BCUT2D eigenvalue weighted by atomic mass is 15.6. The predicted octanol–water partition coefficient (Wildman–Crippen LogP) is 2.38. The zero-order chi connectivity index (χ0) is 10.6. The van der Waals surface area contributed by atoms with Crippen LogP contribution >= 0.6 is 0 Å². The molecule has 1 aromatic heterocycles. The zero-order valence-corrected chi connectivity index (χ0v) is 9.23. The first-order chi connectivity index (χ1) is 6.79. The Morgan fingerprint density at radius 3 is 2.64 bits per heavy atom. The molecule has 76 valence electrons. The third kappa shape index (κ3) is 1.87. The minimum Gasteiger partial charge on any atom is -0.295 e. The van der Waals surface area contributed by atoms with E-state index in [1.54, 1.807) is 0 Å². The highest BCUT2D eigenvalue weighted by molar-refractivity contribution is 5.65. The fourth-order valence-corrected chi connectivity index (χ4v) is 1.25. The van der Waals surface area contributed by atoms with Gasteiger partial charge in [0, 0.05) is 32.1 Å². The number of pyridine rings is 1. The van der Waals surface area contributed by atoms with Crippen molar-refractivity contribution in [1.29, 1.82) is 0 Å². The quantitative estimate of drug-likeness (QED) is 0.627. The molecule has 0 spiro atoms. The van der Waals surface area contributed by atoms with Gasteiger partial charge in [0.2, 0.25) is 0 Å². The van der Waals surface area contributed by atoms with E-state index in [1.807, 2.05) is 56.4 Å². The van der Waals surface area contributed by atoms with Crippen LogP contribution in [-0.2, 0) is 0 Å². The number of rotatable bonds is 0. The molecule has 0 radical (unpaired) electrons. The van der Waals surface area contributed by atoms with E-state index in [2.05, 4.69) is 17.1 Å². The molecule has 0 N–H and O–H groups in total. The number of aromatic nitrogens is 1. The van der Waals surface area contributed by atoms with Crippen molar-refractivity contribution in [3.05, 3.63) is 30.1 Å². The van der Waals surface area contributed by atoms with Gasteiger partial charge in [-0.15, -0.1) is 0 Å². The molecule has 2 rings (SSSR count). The van der Waals surface area contributed by atoms with Crippen molar-refractivity contribution >= 4 is 11.9 Å². The van der Waals surface area contributed by atoms with Crippen LogP contribution in [0.25, 0.3) is 6.08 Å². The van der Waals surface area contributed by atoms with E-state index in [-0.39, 0.29) is 0 Å². The first kappa shape index (κ1) is 10.6. The second-order valence-electron chi connectivity index (χ2n) is 2.83. The van der Waals surface area contributed by atoms with Gasteiger partial charge >= 0.3 is 0 Å². The fourth-order valence-electron chi connectivity index (χ4n) is 1.25. The molecule has 1 aliphatic rings. The van der Waals surface area contributed by atoms with Gasteiger partial charge < -0.3 is 0 Å². The number of hydrogen-bond acceptors (Lipinski definition) is 3. The first-order valence-corrected chi connectivity index (χ1v) is 4.89. The van der Waals surface area contributed by atoms with Crippen molar-refractivity contribution in [2.75, 3.05) is 19.1 Å². The Hall–Kier alpha value is -1.51. The van der Waals surface area contributed by atoms with Gasteiger partial charge in [0.15, 0.2) is 5.82 Å². The maximum atomic E-state index is 4.28. The van der Waals surface area contributed by atoms with Crippen molar-refractivity contribution in [2.45, 2.75) is 13.8 Å². The summed E-state index contributed by atoms with van der Waals surface area (Å²) in [5.41, 5.74) is 1.16. The number of anilines is 1. The van der Waals surface area contributed by atoms with E-state index in [1.165, 1.54) is 0 Å². The largest absolute Gasteiger partial charge is 0.295 e. The van der Waals surface area contributed by atoms with Crippen LogP contribution in [0.5, 0.6) is 0 Å². The molecule has 0 saturated carbocycles. The van der Waals surface area contributed by atoms with Gasteiger partial charge in [-0.2, -0.15) is 0 Å². The Morgan fingerprint density at radius 1 is 1.21 bits per heavy atom. The van der Waals surface area contributed by atoms with Crippen molar-refractivity contribution in [1.82, 2.24) is 9.99 Å². The maximum Gasteiger partial charge on any atom is 0.154 e. The van der Waals surface area contributed by atoms with Crippen molar-refractivity contribution in [2.24, 2.45) is 0 Å². The second kappa shape index (κ2) is 4.65. The molecule has 0 atom stereocenters. The Bertz CT molecular complexity index is 320. The third-order valence-electron chi connectivity index (χ3n) is 2.07. The Morgan fingerprint density at radius 2 is 1.93 bits per heavy atom. The van der Waals surface area contributed by atoms with Gasteiger partial charge in [-0.05, 0) is 18.2 Å². The number of hydrogen-bond donors (Lipinski definition) is 0. The summed E-state index contributed by atoms with van der Waals surface area (Å²) in [6.45, 7) is 4.00. The summed E-state index contributed by atoms with van der Waals surface area (Å²) in [4.78, 5) is 4.28. The average Bonchev–Trinajstić information content (AvgIpc) is 2.27. The summed E-state index contributed by atoms with van der Waals surface area (Å²) < 4.78 is 0. The van der Waals surface area contributed by atoms with E-state index in [9.17, 15) is 0 Å². The summed E-state index contributed by atoms with van der Waals surface area (Å²) in [6.07, 6.45) is 5.88. The lowest BCUT2D eigenvalue weighted by Gasteiger charge is -2.31. The molecular formula is C11H17N3. The standard InChI is InChI=1S/C9H11N3.C2H6/c1-11-7-5-8-4-3-6-10-9(8)12(11)2;1-2/h3-7H,1-2H3;1-2H3. The molecule has 3 heteroatoms. The number of hydrazine groups is 1. The smallest absolute Gasteiger partial charge is 0.154 e. The zero-order valence-electron chi connectivity index (χ0n) is 9.23. The molecule has 0 unspecified atom stereocenters. The molecule has 0 bridgehead atoms. The Balaban J connectivity index is 0.000000461. The van der Waals surface area contributed by atoms with Crippen LogP contribution in [0.3, 0.4) is 0 Å². The Kier molecular flexibility index (Phi) is 3.51. The number of fused-ring (bicyclic) bond motifs is 1. The third-order valence-corrected chi connectivity index (χ3v) is 2.07. The summed E-state index contributed by atoms with van der Waals surface area (Å²) in [5.74, 6) is 1.00. The lowest BCUT2D eigenvalue weighted by molar-refractivity contribution is 0.437. The van der Waals surface area contributed by atoms with E-state index in [0.29, 0.717) is 0 Å². The van der Waals surface area contributed by atoms with Gasteiger partial charge in [0.1, 0.15) is 0 Å². The normalized spacial score (nSPS) is 13.1. The first-order valence-electron chi connectivity index (χ1n) is 4.89. The maximum absolute atomic E-state index is 4.28. The van der Waals surface area contributed by atoms with Crippen LogP contribution in [0, 0.1) is 0 Å². The van der Waals surface area contributed by atoms with Gasteiger partial charge in [-0.25, -0.2) is 4.98 Å². The van der Waals surface area contributed by atoms with E-state index in [0.717, 1.165) is 11.4 Å². The van der Waals surface area contributed by atoms with Crippen LogP contribution in [0.2, 0.25) is 0 Å². The van der Waals surface area contributed by atoms with Gasteiger partial charge in [-0.1, -0.05) is 13.8 Å². The molecule has 0 saturated heterocycles. The number of nitrogens with zero attached hydrogens (tertiary/aromatic N) is 3. The molecule has 0 amide bonds. The highest BCUT2D eigenvalue weighted by Gasteiger charge is 2.12. The fraction of sp³-hybridized carbons (Fsp3) is 0.364.